The number of piperazine rings is 1. The SMILES string of the molecule is CC(O)(CNC(=O)N1CCN2C(=O)NCC2C1)C(=O)O. The number of hydrogen-bond acceptors (Lipinski definition) is 4. The number of aliphatic carboxylic acids is 1. The summed E-state index contributed by atoms with van der Waals surface area (Å²) in [5, 5.41) is 23.4. The van der Waals surface area contributed by atoms with Crippen LogP contribution in [0.3, 0.4) is 0 Å². The lowest BCUT2D eigenvalue weighted by atomic mass is 10.1. The zero-order chi connectivity index (χ0) is 14.9. The molecule has 9 nitrogen and oxygen atoms in total. The maximum absolute atomic E-state index is 11.9. The number of carboxylic acids is 1. The Hall–Kier alpha value is -2.03. The zero-order valence-corrected chi connectivity index (χ0v) is 11.1. The molecule has 4 amide bonds. The molecule has 2 rings (SSSR count). The fourth-order valence-electron chi connectivity index (χ4n) is 2.22. The average Bonchev–Trinajstić information content (AvgIpc) is 2.77. The van der Waals surface area contributed by atoms with Crippen LogP contribution in [0, 0.1) is 0 Å². The molecule has 2 heterocycles. The van der Waals surface area contributed by atoms with E-state index in [4.69, 9.17) is 5.11 Å². The Bertz CT molecular complexity index is 439. The third kappa shape index (κ3) is 2.77. The van der Waals surface area contributed by atoms with Crippen molar-refractivity contribution in [3.8, 4) is 0 Å². The standard InChI is InChI=1S/C11H18N4O5/c1-11(20,8(16)17)6-13-9(18)14-2-3-15-7(5-14)4-12-10(15)19/h7,20H,2-6H2,1H3,(H,12,19)(H,13,18)(H,16,17). The van der Waals surface area contributed by atoms with E-state index in [0.717, 1.165) is 6.92 Å². The Morgan fingerprint density at radius 1 is 1.50 bits per heavy atom. The second-order valence-electron chi connectivity index (χ2n) is 5.22. The monoisotopic (exact) mass is 286 g/mol. The van der Waals surface area contributed by atoms with Crippen molar-refractivity contribution in [3.63, 3.8) is 0 Å². The molecule has 2 atom stereocenters. The molecule has 0 bridgehead atoms. The molecule has 0 radical (unpaired) electrons. The number of aliphatic hydroxyl groups is 1. The van der Waals surface area contributed by atoms with Gasteiger partial charge in [0.25, 0.3) is 0 Å². The van der Waals surface area contributed by atoms with Gasteiger partial charge < -0.3 is 30.6 Å². The summed E-state index contributed by atoms with van der Waals surface area (Å²) < 4.78 is 0. The van der Waals surface area contributed by atoms with Crippen LogP contribution in [0.2, 0.25) is 0 Å². The van der Waals surface area contributed by atoms with E-state index in [1.807, 2.05) is 0 Å². The van der Waals surface area contributed by atoms with E-state index in [9.17, 15) is 19.5 Å². The summed E-state index contributed by atoms with van der Waals surface area (Å²) in [6.07, 6.45) is 0. The van der Waals surface area contributed by atoms with E-state index >= 15 is 0 Å². The van der Waals surface area contributed by atoms with Gasteiger partial charge in [0.05, 0.1) is 12.6 Å². The summed E-state index contributed by atoms with van der Waals surface area (Å²) >= 11 is 0. The van der Waals surface area contributed by atoms with Gasteiger partial charge in [-0.25, -0.2) is 14.4 Å². The number of urea groups is 2. The van der Waals surface area contributed by atoms with E-state index in [1.165, 1.54) is 4.90 Å². The number of carboxylic acid groups (broad SMARTS) is 1. The van der Waals surface area contributed by atoms with Crippen molar-refractivity contribution in [1.29, 1.82) is 0 Å². The highest BCUT2D eigenvalue weighted by molar-refractivity contribution is 5.80. The lowest BCUT2D eigenvalue weighted by Crippen LogP contribution is -2.57. The van der Waals surface area contributed by atoms with Crippen LogP contribution in [0.15, 0.2) is 0 Å². The highest BCUT2D eigenvalue weighted by atomic mass is 16.4. The molecule has 0 aromatic rings. The summed E-state index contributed by atoms with van der Waals surface area (Å²) in [7, 11) is 0. The minimum absolute atomic E-state index is 0.0537. The molecule has 0 saturated carbocycles. The Labute approximate surface area is 115 Å². The topological polar surface area (TPSA) is 122 Å². The summed E-state index contributed by atoms with van der Waals surface area (Å²) in [6.45, 7) is 2.45. The van der Waals surface area contributed by atoms with Gasteiger partial charge in [0.1, 0.15) is 0 Å². The molecule has 2 aliphatic rings. The summed E-state index contributed by atoms with van der Waals surface area (Å²) in [4.78, 5) is 37.3. The first-order chi connectivity index (χ1) is 9.31. The van der Waals surface area contributed by atoms with Crippen LogP contribution in [-0.4, -0.2) is 82.4 Å². The lowest BCUT2D eigenvalue weighted by molar-refractivity contribution is -0.155. The average molecular weight is 286 g/mol. The molecular weight excluding hydrogens is 268 g/mol. The molecule has 0 aliphatic carbocycles. The predicted octanol–water partition coefficient (Wildman–Crippen LogP) is -1.76. The highest BCUT2D eigenvalue weighted by Crippen LogP contribution is 2.14. The molecule has 9 heteroatoms. The zero-order valence-electron chi connectivity index (χ0n) is 11.1. The van der Waals surface area contributed by atoms with Crippen molar-refractivity contribution in [2.75, 3.05) is 32.7 Å². The van der Waals surface area contributed by atoms with Crippen LogP contribution in [0.1, 0.15) is 6.92 Å². The van der Waals surface area contributed by atoms with Gasteiger partial charge in [-0.1, -0.05) is 0 Å². The van der Waals surface area contributed by atoms with Crippen molar-refractivity contribution in [2.24, 2.45) is 0 Å². The first-order valence-electron chi connectivity index (χ1n) is 6.34. The normalized spacial score (nSPS) is 24.7. The van der Waals surface area contributed by atoms with Crippen LogP contribution in [-0.2, 0) is 4.79 Å². The maximum atomic E-state index is 11.9. The van der Waals surface area contributed by atoms with E-state index in [2.05, 4.69) is 10.6 Å². The minimum Gasteiger partial charge on any atom is -0.479 e. The number of carbonyl (C=O) groups is 3. The number of fused-ring (bicyclic) bond motifs is 1. The van der Waals surface area contributed by atoms with Gasteiger partial charge in [0.15, 0.2) is 5.60 Å². The Balaban J connectivity index is 1.85. The fraction of sp³-hybridized carbons (Fsp3) is 0.727. The minimum atomic E-state index is -2.00. The number of rotatable bonds is 3. The van der Waals surface area contributed by atoms with Crippen LogP contribution in [0.5, 0.6) is 0 Å². The van der Waals surface area contributed by atoms with Crippen LogP contribution in [0.25, 0.3) is 0 Å². The second-order valence-corrected chi connectivity index (χ2v) is 5.22. The van der Waals surface area contributed by atoms with Gasteiger partial charge in [0, 0.05) is 26.2 Å². The molecular formula is C11H18N4O5. The Morgan fingerprint density at radius 3 is 2.85 bits per heavy atom. The number of nitrogens with zero attached hydrogens (tertiary/aromatic N) is 2. The first kappa shape index (κ1) is 14.4. The van der Waals surface area contributed by atoms with Gasteiger partial charge in [0.2, 0.25) is 0 Å². The predicted molar refractivity (Wildman–Crippen MR) is 67.1 cm³/mol. The quantitative estimate of drug-likeness (QED) is 0.489. The Morgan fingerprint density at radius 2 is 2.20 bits per heavy atom. The molecule has 2 saturated heterocycles. The van der Waals surface area contributed by atoms with Crippen molar-refractivity contribution in [2.45, 2.75) is 18.6 Å². The van der Waals surface area contributed by atoms with E-state index in [-0.39, 0.29) is 18.6 Å². The third-order valence-corrected chi connectivity index (χ3v) is 3.56. The molecule has 0 aromatic carbocycles. The molecule has 2 unspecified atom stereocenters. The molecule has 0 spiro atoms. The summed E-state index contributed by atoms with van der Waals surface area (Å²) in [5.41, 5.74) is -2.00. The molecule has 0 aromatic heterocycles. The van der Waals surface area contributed by atoms with E-state index < -0.39 is 17.6 Å². The van der Waals surface area contributed by atoms with E-state index in [0.29, 0.717) is 26.2 Å². The lowest BCUT2D eigenvalue weighted by Gasteiger charge is -2.36. The number of carbonyl (C=O) groups excluding carboxylic acids is 2. The molecule has 2 aliphatic heterocycles. The van der Waals surface area contributed by atoms with Gasteiger partial charge in [-0.2, -0.15) is 0 Å². The smallest absolute Gasteiger partial charge is 0.337 e. The van der Waals surface area contributed by atoms with Crippen molar-refractivity contribution in [1.82, 2.24) is 20.4 Å². The molecule has 112 valence electrons. The highest BCUT2D eigenvalue weighted by Gasteiger charge is 2.37. The van der Waals surface area contributed by atoms with Crippen LogP contribution < -0.4 is 10.6 Å². The van der Waals surface area contributed by atoms with Gasteiger partial charge in [-0.05, 0) is 6.92 Å². The van der Waals surface area contributed by atoms with Crippen molar-refractivity contribution < 1.29 is 24.6 Å². The third-order valence-electron chi connectivity index (χ3n) is 3.56. The number of nitrogens with one attached hydrogen (secondary N) is 2. The molecule has 2 fully saturated rings. The van der Waals surface area contributed by atoms with Crippen LogP contribution >= 0.6 is 0 Å². The van der Waals surface area contributed by atoms with Gasteiger partial charge in [-0.3, -0.25) is 0 Å². The summed E-state index contributed by atoms with van der Waals surface area (Å²) in [5.74, 6) is -1.40. The number of amides is 4. The first-order valence-corrected chi connectivity index (χ1v) is 6.34. The van der Waals surface area contributed by atoms with Gasteiger partial charge in [-0.15, -0.1) is 0 Å². The fourth-order valence-corrected chi connectivity index (χ4v) is 2.22. The summed E-state index contributed by atoms with van der Waals surface area (Å²) in [6, 6.07) is -0.614. The molecule has 4 N–H and O–H groups in total. The maximum Gasteiger partial charge on any atom is 0.337 e. The van der Waals surface area contributed by atoms with E-state index in [1.54, 1.807) is 4.90 Å². The number of hydrogen-bond donors (Lipinski definition) is 4. The largest absolute Gasteiger partial charge is 0.479 e. The van der Waals surface area contributed by atoms with Crippen LogP contribution in [0.4, 0.5) is 9.59 Å². The van der Waals surface area contributed by atoms with Gasteiger partial charge >= 0.3 is 18.0 Å². The van der Waals surface area contributed by atoms with Crippen molar-refractivity contribution in [3.05, 3.63) is 0 Å². The van der Waals surface area contributed by atoms with Crippen molar-refractivity contribution >= 4 is 18.0 Å². The molecule has 20 heavy (non-hydrogen) atoms. The second kappa shape index (κ2) is 5.16. The Kier molecular flexibility index (Phi) is 3.71.